The second-order valence-corrected chi connectivity index (χ2v) is 8.62. The fraction of sp³-hybridized carbons (Fsp3) is 0.318. The van der Waals surface area contributed by atoms with Crippen molar-refractivity contribution in [1.29, 1.82) is 0 Å². The summed E-state index contributed by atoms with van der Waals surface area (Å²) in [5.74, 6) is 0.715. The van der Waals surface area contributed by atoms with Crippen LogP contribution >= 0.6 is 0 Å². The normalized spacial score (nSPS) is 12.8. The van der Waals surface area contributed by atoms with Crippen molar-refractivity contribution in [2.75, 3.05) is 13.7 Å². The number of methoxy groups -OCH3 is 1. The highest BCUT2D eigenvalue weighted by atomic mass is 32.2. The summed E-state index contributed by atoms with van der Waals surface area (Å²) in [6.07, 6.45) is 1.57. The molecule has 2 N–H and O–H groups in total. The molecule has 29 heavy (non-hydrogen) atoms. The van der Waals surface area contributed by atoms with E-state index < -0.39 is 10.0 Å². The number of hydrogen-bond donors (Lipinski definition) is 2. The van der Waals surface area contributed by atoms with Gasteiger partial charge in [-0.25, -0.2) is 13.1 Å². The number of nitrogens with one attached hydrogen (secondary N) is 2. The van der Waals surface area contributed by atoms with Gasteiger partial charge in [-0.1, -0.05) is 56.3 Å². The first-order chi connectivity index (χ1) is 13.8. The number of carbonyl (C=O) groups is 1. The minimum atomic E-state index is -3.60. The van der Waals surface area contributed by atoms with Crippen LogP contribution in [0.5, 0.6) is 5.75 Å². The lowest BCUT2D eigenvalue weighted by molar-refractivity contribution is -0.122. The van der Waals surface area contributed by atoms with Crippen molar-refractivity contribution in [2.45, 2.75) is 26.3 Å². The van der Waals surface area contributed by atoms with Gasteiger partial charge in [-0.2, -0.15) is 0 Å². The van der Waals surface area contributed by atoms with Gasteiger partial charge in [-0.05, 0) is 35.3 Å². The van der Waals surface area contributed by atoms with Crippen molar-refractivity contribution in [3.63, 3.8) is 0 Å². The molecule has 6 nitrogen and oxygen atoms in total. The molecule has 0 aliphatic carbocycles. The zero-order chi connectivity index (χ0) is 21.3. The molecule has 0 saturated heterocycles. The number of ether oxygens (including phenoxy) is 1. The summed E-state index contributed by atoms with van der Waals surface area (Å²) in [5, 5.41) is 4.09. The highest BCUT2D eigenvalue weighted by Crippen LogP contribution is 2.24. The SMILES string of the molecule is COc1ccc(C(NC(=O)CCNS(=O)(=O)/C=C/c2ccccc2)C(C)C)cc1. The Kier molecular flexibility index (Phi) is 8.42. The van der Waals surface area contributed by atoms with Gasteiger partial charge in [0.1, 0.15) is 5.75 Å². The summed E-state index contributed by atoms with van der Waals surface area (Å²) in [7, 11) is -2.00. The minimum absolute atomic E-state index is 0.0285. The van der Waals surface area contributed by atoms with Crippen LogP contribution in [0.1, 0.15) is 37.4 Å². The molecule has 2 rings (SSSR count). The lowest BCUT2D eigenvalue weighted by atomic mass is 9.96. The van der Waals surface area contributed by atoms with E-state index in [1.165, 1.54) is 6.08 Å². The molecule has 156 valence electrons. The molecule has 0 heterocycles. The van der Waals surface area contributed by atoms with E-state index in [-0.39, 0.29) is 30.8 Å². The third kappa shape index (κ3) is 7.71. The maximum Gasteiger partial charge on any atom is 0.233 e. The number of benzene rings is 2. The van der Waals surface area contributed by atoms with Crippen LogP contribution in [0.15, 0.2) is 60.0 Å². The van der Waals surface area contributed by atoms with Crippen LogP contribution < -0.4 is 14.8 Å². The molecular formula is C22H28N2O4S. The van der Waals surface area contributed by atoms with Gasteiger partial charge in [0.15, 0.2) is 0 Å². The van der Waals surface area contributed by atoms with Crippen LogP contribution in [-0.2, 0) is 14.8 Å². The summed E-state index contributed by atoms with van der Waals surface area (Å²) in [4.78, 5) is 12.3. The highest BCUT2D eigenvalue weighted by Gasteiger charge is 2.18. The minimum Gasteiger partial charge on any atom is -0.497 e. The lowest BCUT2D eigenvalue weighted by Gasteiger charge is -2.23. The van der Waals surface area contributed by atoms with Gasteiger partial charge in [0.05, 0.1) is 13.2 Å². The van der Waals surface area contributed by atoms with Crippen molar-refractivity contribution in [3.05, 3.63) is 71.1 Å². The van der Waals surface area contributed by atoms with Gasteiger partial charge in [0, 0.05) is 18.4 Å². The first-order valence-corrected chi connectivity index (χ1v) is 11.0. The molecule has 0 bridgehead atoms. The predicted octanol–water partition coefficient (Wildman–Crippen LogP) is 3.49. The molecule has 0 aliphatic rings. The van der Waals surface area contributed by atoms with Crippen LogP contribution in [-0.4, -0.2) is 28.0 Å². The summed E-state index contributed by atoms with van der Waals surface area (Å²) < 4.78 is 31.7. The molecule has 0 fully saturated rings. The molecular weight excluding hydrogens is 388 g/mol. The van der Waals surface area contributed by atoms with Crippen molar-refractivity contribution in [2.24, 2.45) is 5.92 Å². The van der Waals surface area contributed by atoms with E-state index in [1.807, 2.05) is 68.4 Å². The molecule has 1 amide bonds. The Morgan fingerprint density at radius 1 is 1.07 bits per heavy atom. The standard InChI is InChI=1S/C22H28N2O4S/c1-17(2)22(19-9-11-20(28-3)12-10-19)24-21(25)13-15-23-29(26,27)16-14-18-7-5-4-6-8-18/h4-12,14,16-17,22-23H,13,15H2,1-3H3,(H,24,25)/b16-14+. The van der Waals surface area contributed by atoms with Crippen LogP contribution in [0.2, 0.25) is 0 Å². The van der Waals surface area contributed by atoms with Crippen LogP contribution in [0.4, 0.5) is 0 Å². The quantitative estimate of drug-likeness (QED) is 0.621. The molecule has 0 aromatic heterocycles. The summed E-state index contributed by atoms with van der Waals surface area (Å²) >= 11 is 0. The maximum absolute atomic E-state index is 12.3. The summed E-state index contributed by atoms with van der Waals surface area (Å²) in [6, 6.07) is 16.5. The molecule has 2 aromatic rings. The third-order valence-corrected chi connectivity index (χ3v) is 5.45. The van der Waals surface area contributed by atoms with E-state index in [0.29, 0.717) is 0 Å². The third-order valence-electron chi connectivity index (χ3n) is 4.35. The zero-order valence-corrected chi connectivity index (χ0v) is 17.8. The maximum atomic E-state index is 12.3. The number of carbonyl (C=O) groups excluding carboxylic acids is 1. The Bertz CT molecular complexity index is 908. The first-order valence-electron chi connectivity index (χ1n) is 9.47. The Hall–Kier alpha value is -2.64. The topological polar surface area (TPSA) is 84.5 Å². The van der Waals surface area contributed by atoms with Gasteiger partial charge in [0.2, 0.25) is 15.9 Å². The monoisotopic (exact) mass is 416 g/mol. The van der Waals surface area contributed by atoms with E-state index in [9.17, 15) is 13.2 Å². The van der Waals surface area contributed by atoms with Crippen molar-refractivity contribution in [1.82, 2.24) is 10.0 Å². The van der Waals surface area contributed by atoms with Gasteiger partial charge in [-0.3, -0.25) is 4.79 Å². The Morgan fingerprint density at radius 2 is 1.72 bits per heavy atom. The largest absolute Gasteiger partial charge is 0.497 e. The molecule has 7 heteroatoms. The number of rotatable bonds is 10. The van der Waals surface area contributed by atoms with E-state index in [4.69, 9.17) is 4.74 Å². The Morgan fingerprint density at radius 3 is 2.31 bits per heavy atom. The lowest BCUT2D eigenvalue weighted by Crippen LogP contribution is -2.34. The number of hydrogen-bond acceptors (Lipinski definition) is 4. The highest BCUT2D eigenvalue weighted by molar-refractivity contribution is 7.92. The van der Waals surface area contributed by atoms with Crippen LogP contribution in [0.25, 0.3) is 6.08 Å². The average molecular weight is 417 g/mol. The first kappa shape index (κ1) is 22.6. The van der Waals surface area contributed by atoms with Crippen LogP contribution in [0.3, 0.4) is 0 Å². The van der Waals surface area contributed by atoms with Crippen LogP contribution in [0, 0.1) is 5.92 Å². The zero-order valence-electron chi connectivity index (χ0n) is 17.0. The molecule has 1 atom stereocenters. The fourth-order valence-electron chi connectivity index (χ4n) is 2.78. The van der Waals surface area contributed by atoms with E-state index in [0.717, 1.165) is 22.3 Å². The fourth-order valence-corrected chi connectivity index (χ4v) is 3.60. The smallest absolute Gasteiger partial charge is 0.233 e. The molecule has 0 spiro atoms. The van der Waals surface area contributed by atoms with Gasteiger partial charge in [-0.15, -0.1) is 0 Å². The van der Waals surface area contributed by atoms with Gasteiger partial charge < -0.3 is 10.1 Å². The molecule has 0 saturated carbocycles. The van der Waals surface area contributed by atoms with Gasteiger partial charge >= 0.3 is 0 Å². The van der Waals surface area contributed by atoms with Gasteiger partial charge in [0.25, 0.3) is 0 Å². The van der Waals surface area contributed by atoms with E-state index >= 15 is 0 Å². The van der Waals surface area contributed by atoms with Crippen molar-refractivity contribution < 1.29 is 17.9 Å². The predicted molar refractivity (Wildman–Crippen MR) is 116 cm³/mol. The van der Waals surface area contributed by atoms with Crippen molar-refractivity contribution >= 4 is 22.0 Å². The van der Waals surface area contributed by atoms with E-state index in [2.05, 4.69) is 10.0 Å². The van der Waals surface area contributed by atoms with Crippen molar-refractivity contribution in [3.8, 4) is 5.75 Å². The summed E-state index contributed by atoms with van der Waals surface area (Å²) in [5.41, 5.74) is 1.76. The molecule has 0 aliphatic heterocycles. The Balaban J connectivity index is 1.87. The number of amides is 1. The average Bonchev–Trinajstić information content (AvgIpc) is 2.71. The molecule has 0 radical (unpaired) electrons. The van der Waals surface area contributed by atoms with E-state index in [1.54, 1.807) is 7.11 Å². The molecule has 1 unspecified atom stereocenters. The Labute approximate surface area is 173 Å². The summed E-state index contributed by atoms with van der Waals surface area (Å²) in [6.45, 7) is 4.07. The number of sulfonamides is 1. The second kappa shape index (κ2) is 10.8. The second-order valence-electron chi connectivity index (χ2n) is 6.97. The molecule has 2 aromatic carbocycles.